The highest BCUT2D eigenvalue weighted by molar-refractivity contribution is 6.35. The lowest BCUT2D eigenvalue weighted by molar-refractivity contribution is -0.139. The number of rotatable bonds is 6. The zero-order chi connectivity index (χ0) is 22.4. The lowest BCUT2D eigenvalue weighted by Crippen LogP contribution is -2.50. The first kappa shape index (κ1) is 22.6. The van der Waals surface area contributed by atoms with E-state index in [2.05, 4.69) is 44.7 Å². The van der Waals surface area contributed by atoms with Gasteiger partial charge in [0.15, 0.2) is 0 Å². The van der Waals surface area contributed by atoms with Gasteiger partial charge in [0.05, 0.1) is 6.04 Å². The average Bonchev–Trinajstić information content (AvgIpc) is 2.79. The molecule has 7 nitrogen and oxygen atoms in total. The van der Waals surface area contributed by atoms with Crippen molar-refractivity contribution in [3.8, 4) is 0 Å². The van der Waals surface area contributed by atoms with Gasteiger partial charge in [-0.1, -0.05) is 12.1 Å². The second-order valence-corrected chi connectivity index (χ2v) is 7.79. The van der Waals surface area contributed by atoms with Gasteiger partial charge in [0.1, 0.15) is 5.82 Å². The summed E-state index contributed by atoms with van der Waals surface area (Å²) in [7, 11) is 5.42. The summed E-state index contributed by atoms with van der Waals surface area (Å²) < 4.78 is 13.2. The van der Waals surface area contributed by atoms with Crippen molar-refractivity contribution in [1.82, 2.24) is 15.5 Å². The number of carbonyl (C=O) groups is 2. The average molecular weight is 428 g/mol. The molecule has 0 aliphatic carbocycles. The molecule has 8 heteroatoms. The molecule has 1 aliphatic rings. The van der Waals surface area contributed by atoms with E-state index in [9.17, 15) is 14.0 Å². The van der Waals surface area contributed by atoms with Crippen LogP contribution in [0.15, 0.2) is 48.5 Å². The molecule has 3 rings (SSSR count). The number of anilines is 2. The molecule has 0 bridgehead atoms. The van der Waals surface area contributed by atoms with E-state index < -0.39 is 11.8 Å². The Kier molecular flexibility index (Phi) is 7.46. The van der Waals surface area contributed by atoms with E-state index in [1.807, 2.05) is 19.0 Å². The molecule has 1 heterocycles. The van der Waals surface area contributed by atoms with E-state index in [-0.39, 0.29) is 11.9 Å². The maximum absolute atomic E-state index is 13.2. The maximum Gasteiger partial charge on any atom is 0.309 e. The van der Waals surface area contributed by atoms with Crippen LogP contribution in [0.2, 0.25) is 0 Å². The van der Waals surface area contributed by atoms with Gasteiger partial charge in [0.2, 0.25) is 0 Å². The van der Waals surface area contributed by atoms with E-state index >= 15 is 0 Å². The Hall–Kier alpha value is -3.13. The van der Waals surface area contributed by atoms with Crippen molar-refractivity contribution in [3.05, 3.63) is 59.9 Å². The molecule has 2 N–H and O–H groups in total. The molecule has 1 saturated heterocycles. The Balaban J connectivity index is 1.72. The van der Waals surface area contributed by atoms with Gasteiger partial charge in [-0.3, -0.25) is 14.5 Å². The second kappa shape index (κ2) is 10.3. The van der Waals surface area contributed by atoms with E-state index in [0.29, 0.717) is 6.54 Å². The van der Waals surface area contributed by atoms with Crippen molar-refractivity contribution < 1.29 is 14.0 Å². The fraction of sp³-hybridized carbons (Fsp3) is 0.391. The number of nitrogens with one attached hydrogen (secondary N) is 2. The highest BCUT2D eigenvalue weighted by Gasteiger charge is 2.26. The molecular weight excluding hydrogens is 397 g/mol. The minimum absolute atomic E-state index is 0.0554. The third kappa shape index (κ3) is 5.73. The van der Waals surface area contributed by atoms with Crippen molar-refractivity contribution in [1.29, 1.82) is 0 Å². The highest BCUT2D eigenvalue weighted by Crippen LogP contribution is 2.26. The Morgan fingerprint density at radius 1 is 0.968 bits per heavy atom. The van der Waals surface area contributed by atoms with Crippen LogP contribution >= 0.6 is 0 Å². The van der Waals surface area contributed by atoms with Crippen LogP contribution in [0.5, 0.6) is 0 Å². The molecule has 166 valence electrons. The molecule has 2 aromatic rings. The number of carbonyl (C=O) groups excluding carboxylic acids is 2. The lowest BCUT2D eigenvalue weighted by atomic mass is 10.0. The smallest absolute Gasteiger partial charge is 0.309 e. The standard InChI is InChI=1S/C23H30FN5O2/c1-25-22(30)23(31)26-16-21(17-4-8-19(9-5-17)27(2)3)29-14-12-28(13-15-29)20-10-6-18(24)7-11-20/h4-11,21H,12-16H2,1-3H3,(H,25,30)(H,26,31)/t21-/m1/s1. The number of amides is 2. The normalized spacial score (nSPS) is 15.3. The molecule has 0 aromatic heterocycles. The molecule has 1 atom stereocenters. The maximum atomic E-state index is 13.2. The first-order valence-electron chi connectivity index (χ1n) is 10.4. The van der Waals surface area contributed by atoms with Crippen molar-refractivity contribution in [2.75, 3.05) is 63.7 Å². The van der Waals surface area contributed by atoms with Gasteiger partial charge in [0.25, 0.3) is 0 Å². The molecule has 0 radical (unpaired) electrons. The van der Waals surface area contributed by atoms with Crippen molar-refractivity contribution in [2.24, 2.45) is 0 Å². The predicted molar refractivity (Wildman–Crippen MR) is 121 cm³/mol. The first-order chi connectivity index (χ1) is 14.9. The minimum atomic E-state index is -0.650. The Labute approximate surface area is 182 Å². The largest absolute Gasteiger partial charge is 0.378 e. The zero-order valence-electron chi connectivity index (χ0n) is 18.3. The Morgan fingerprint density at radius 3 is 2.13 bits per heavy atom. The number of hydrogen-bond acceptors (Lipinski definition) is 5. The molecule has 0 saturated carbocycles. The van der Waals surface area contributed by atoms with Crippen LogP contribution < -0.4 is 20.4 Å². The Morgan fingerprint density at radius 2 is 1.58 bits per heavy atom. The fourth-order valence-electron chi connectivity index (χ4n) is 3.78. The van der Waals surface area contributed by atoms with Crippen LogP contribution in [0, 0.1) is 5.82 Å². The summed E-state index contributed by atoms with van der Waals surface area (Å²) in [5.74, 6) is -1.53. The zero-order valence-corrected chi connectivity index (χ0v) is 18.3. The van der Waals surface area contributed by atoms with Crippen LogP contribution in [0.4, 0.5) is 15.8 Å². The predicted octanol–water partition coefficient (Wildman–Crippen LogP) is 1.62. The highest BCUT2D eigenvalue weighted by atomic mass is 19.1. The third-order valence-corrected chi connectivity index (χ3v) is 5.63. The summed E-state index contributed by atoms with van der Waals surface area (Å²) in [6.45, 7) is 3.49. The van der Waals surface area contributed by atoms with Crippen LogP contribution in [0.3, 0.4) is 0 Å². The number of likely N-dealkylation sites (N-methyl/N-ethyl adjacent to an activating group) is 1. The minimum Gasteiger partial charge on any atom is -0.378 e. The number of benzene rings is 2. The van der Waals surface area contributed by atoms with Crippen molar-refractivity contribution in [2.45, 2.75) is 6.04 Å². The quantitative estimate of drug-likeness (QED) is 0.686. The van der Waals surface area contributed by atoms with Crippen molar-refractivity contribution >= 4 is 23.2 Å². The summed E-state index contributed by atoms with van der Waals surface area (Å²) in [4.78, 5) is 30.2. The van der Waals surface area contributed by atoms with E-state index in [1.165, 1.54) is 19.2 Å². The van der Waals surface area contributed by atoms with E-state index in [1.54, 1.807) is 12.1 Å². The third-order valence-electron chi connectivity index (χ3n) is 5.63. The van der Waals surface area contributed by atoms with Gasteiger partial charge in [-0.25, -0.2) is 4.39 Å². The summed E-state index contributed by atoms with van der Waals surface area (Å²) in [6, 6.07) is 14.7. The molecule has 2 aromatic carbocycles. The monoisotopic (exact) mass is 427 g/mol. The van der Waals surface area contributed by atoms with Gasteiger partial charge < -0.3 is 20.4 Å². The Bertz CT molecular complexity index is 878. The van der Waals surface area contributed by atoms with Gasteiger partial charge >= 0.3 is 11.8 Å². The molecular formula is C23H30FN5O2. The fourth-order valence-corrected chi connectivity index (χ4v) is 3.78. The van der Waals surface area contributed by atoms with Crippen LogP contribution in [0.1, 0.15) is 11.6 Å². The number of halogens is 1. The first-order valence-corrected chi connectivity index (χ1v) is 10.4. The molecule has 1 aliphatic heterocycles. The summed E-state index contributed by atoms with van der Waals surface area (Å²) in [6.07, 6.45) is 0. The summed E-state index contributed by atoms with van der Waals surface area (Å²) in [5.41, 5.74) is 3.18. The lowest BCUT2D eigenvalue weighted by Gasteiger charge is -2.40. The summed E-state index contributed by atoms with van der Waals surface area (Å²) >= 11 is 0. The van der Waals surface area contributed by atoms with Gasteiger partial charge in [-0.15, -0.1) is 0 Å². The van der Waals surface area contributed by atoms with Gasteiger partial charge in [-0.2, -0.15) is 0 Å². The van der Waals surface area contributed by atoms with Crippen LogP contribution in [-0.2, 0) is 9.59 Å². The van der Waals surface area contributed by atoms with Crippen LogP contribution in [0.25, 0.3) is 0 Å². The molecule has 1 fully saturated rings. The molecule has 2 amide bonds. The van der Waals surface area contributed by atoms with Crippen LogP contribution in [-0.4, -0.2) is 70.6 Å². The van der Waals surface area contributed by atoms with Crippen molar-refractivity contribution in [3.63, 3.8) is 0 Å². The van der Waals surface area contributed by atoms with E-state index in [0.717, 1.165) is 43.1 Å². The SMILES string of the molecule is CNC(=O)C(=O)NC[C@H](c1ccc(N(C)C)cc1)N1CCN(c2ccc(F)cc2)CC1. The second-order valence-electron chi connectivity index (χ2n) is 7.79. The van der Waals surface area contributed by atoms with Gasteiger partial charge in [0, 0.05) is 65.2 Å². The molecule has 31 heavy (non-hydrogen) atoms. The number of piperazine rings is 1. The number of nitrogens with zero attached hydrogens (tertiary/aromatic N) is 3. The summed E-state index contributed by atoms with van der Waals surface area (Å²) in [5, 5.41) is 5.11. The van der Waals surface area contributed by atoms with Gasteiger partial charge in [-0.05, 0) is 42.0 Å². The molecule has 0 unspecified atom stereocenters. The van der Waals surface area contributed by atoms with E-state index in [4.69, 9.17) is 0 Å². The number of hydrogen-bond donors (Lipinski definition) is 2. The topological polar surface area (TPSA) is 67.9 Å². The molecule has 0 spiro atoms.